The van der Waals surface area contributed by atoms with Gasteiger partial charge >= 0.3 is 6.18 Å². The van der Waals surface area contributed by atoms with E-state index in [2.05, 4.69) is 15.9 Å². The summed E-state index contributed by atoms with van der Waals surface area (Å²) in [5.74, 6) is -0.121. The van der Waals surface area contributed by atoms with Crippen LogP contribution in [0.1, 0.15) is 25.7 Å². The van der Waals surface area contributed by atoms with Crippen molar-refractivity contribution in [3.8, 4) is 5.75 Å². The fourth-order valence-electron chi connectivity index (χ4n) is 3.86. The Hall–Kier alpha value is -1.15. The van der Waals surface area contributed by atoms with Crippen LogP contribution in [0.2, 0.25) is 0 Å². The van der Waals surface area contributed by atoms with Gasteiger partial charge in [0.05, 0.1) is 6.61 Å². The van der Waals surface area contributed by atoms with Crippen molar-refractivity contribution in [2.24, 2.45) is 11.3 Å². The van der Waals surface area contributed by atoms with Crippen LogP contribution in [-0.4, -0.2) is 43.1 Å². The Kier molecular flexibility index (Phi) is 5.63. The first kappa shape index (κ1) is 19.6. The number of hydrogen-bond acceptors (Lipinski definition) is 3. The molecule has 1 heterocycles. The lowest BCUT2D eigenvalue weighted by Crippen LogP contribution is -2.64. The van der Waals surface area contributed by atoms with E-state index >= 15 is 0 Å². The normalized spacial score (nSPS) is 27.8. The zero-order chi connectivity index (χ0) is 18.9. The molecule has 0 spiro atoms. The van der Waals surface area contributed by atoms with Crippen molar-refractivity contribution in [1.82, 2.24) is 4.90 Å². The molecule has 26 heavy (non-hydrogen) atoms. The molecule has 0 amide bonds. The number of halogens is 5. The molecule has 1 aromatic rings. The molecule has 3 nitrogen and oxygen atoms in total. The van der Waals surface area contributed by atoms with Crippen molar-refractivity contribution in [2.75, 3.05) is 19.7 Å². The van der Waals surface area contributed by atoms with Crippen molar-refractivity contribution in [1.29, 1.82) is 0 Å². The second-order valence-corrected chi connectivity index (χ2v) is 7.99. The lowest BCUT2D eigenvalue weighted by Gasteiger charge is -2.53. The second kappa shape index (κ2) is 7.46. The van der Waals surface area contributed by atoms with Gasteiger partial charge in [0.15, 0.2) is 11.6 Å². The van der Waals surface area contributed by atoms with Gasteiger partial charge in [-0.2, -0.15) is 13.2 Å². The highest BCUT2D eigenvalue weighted by atomic mass is 79.9. The predicted octanol–water partition coefficient (Wildman–Crippen LogP) is 4.59. The number of benzene rings is 1. The van der Waals surface area contributed by atoms with Crippen LogP contribution < -0.4 is 4.74 Å². The summed E-state index contributed by atoms with van der Waals surface area (Å²) < 4.78 is 59.8. The van der Waals surface area contributed by atoms with E-state index in [0.717, 1.165) is 0 Å². The fraction of sp³-hybridized carbons (Fsp3) is 0.611. The highest BCUT2D eigenvalue weighted by Crippen LogP contribution is 2.54. The number of carbonyl (C=O) groups excluding carboxylic acids is 1. The number of alkyl halides is 3. The average Bonchev–Trinajstić information content (AvgIpc) is 2.54. The van der Waals surface area contributed by atoms with Crippen molar-refractivity contribution < 1.29 is 27.1 Å². The standard InChI is InChI=1S/C18H20BrF4NO2/c19-13-1-2-15(14(20)9-13)26-10-12-4-7-24(8-5-12)16-3-6-17(16,11-25)18(21,22)23/h1-2,9,11-12,16H,3-8,10H2. The topological polar surface area (TPSA) is 29.5 Å². The summed E-state index contributed by atoms with van der Waals surface area (Å²) in [5.41, 5.74) is -2.21. The first-order valence-electron chi connectivity index (χ1n) is 8.62. The Labute approximate surface area is 157 Å². The maximum atomic E-state index is 13.8. The number of aldehydes is 1. The minimum atomic E-state index is -4.50. The third-order valence-electron chi connectivity index (χ3n) is 5.62. The highest BCUT2D eigenvalue weighted by Gasteiger charge is 2.66. The summed E-state index contributed by atoms with van der Waals surface area (Å²) >= 11 is 3.18. The third-order valence-corrected chi connectivity index (χ3v) is 6.12. The Balaban J connectivity index is 1.52. The zero-order valence-corrected chi connectivity index (χ0v) is 15.7. The van der Waals surface area contributed by atoms with E-state index in [9.17, 15) is 22.4 Å². The maximum Gasteiger partial charge on any atom is 0.402 e. The molecule has 1 aromatic carbocycles. The molecule has 1 aliphatic carbocycles. The summed E-state index contributed by atoms with van der Waals surface area (Å²) in [6, 6.07) is 3.80. The van der Waals surface area contributed by atoms with E-state index in [4.69, 9.17) is 4.74 Å². The molecule has 1 saturated carbocycles. The molecular formula is C18H20BrF4NO2. The number of rotatable bonds is 5. The van der Waals surface area contributed by atoms with E-state index in [0.29, 0.717) is 43.4 Å². The lowest BCUT2D eigenvalue weighted by atomic mass is 9.63. The number of carbonyl (C=O) groups is 1. The molecule has 2 aliphatic rings. The van der Waals surface area contributed by atoms with E-state index < -0.39 is 23.5 Å². The quantitative estimate of drug-likeness (QED) is 0.498. The molecule has 1 aliphatic heterocycles. The third kappa shape index (κ3) is 3.63. The van der Waals surface area contributed by atoms with Crippen LogP contribution in [0.15, 0.2) is 22.7 Å². The van der Waals surface area contributed by atoms with Gasteiger partial charge in [-0.15, -0.1) is 0 Å². The average molecular weight is 438 g/mol. The number of likely N-dealkylation sites (tertiary alicyclic amines) is 1. The summed E-state index contributed by atoms with van der Waals surface area (Å²) in [6.45, 7) is 1.31. The lowest BCUT2D eigenvalue weighted by molar-refractivity contribution is -0.260. The van der Waals surface area contributed by atoms with Gasteiger partial charge in [-0.25, -0.2) is 4.39 Å². The number of nitrogens with zero attached hydrogens (tertiary/aromatic N) is 1. The van der Waals surface area contributed by atoms with Crippen LogP contribution in [0.4, 0.5) is 17.6 Å². The molecule has 2 fully saturated rings. The van der Waals surface area contributed by atoms with Gasteiger partial charge in [0, 0.05) is 10.5 Å². The first-order valence-corrected chi connectivity index (χ1v) is 9.41. The first-order chi connectivity index (χ1) is 12.3. The minimum absolute atomic E-state index is 0.0900. The molecule has 0 bridgehead atoms. The SMILES string of the molecule is O=CC1(C(F)(F)F)CCC1N1CCC(COc2ccc(Br)cc2F)CC1. The van der Waals surface area contributed by atoms with Crippen LogP contribution in [0.25, 0.3) is 0 Å². The zero-order valence-electron chi connectivity index (χ0n) is 14.1. The maximum absolute atomic E-state index is 13.8. The Morgan fingerprint density at radius 1 is 1.27 bits per heavy atom. The van der Waals surface area contributed by atoms with Crippen LogP contribution in [0.5, 0.6) is 5.75 Å². The predicted molar refractivity (Wildman–Crippen MR) is 91.5 cm³/mol. The fourth-order valence-corrected chi connectivity index (χ4v) is 4.19. The smallest absolute Gasteiger partial charge is 0.402 e. The molecule has 2 atom stereocenters. The molecule has 8 heteroatoms. The molecule has 144 valence electrons. The molecule has 1 saturated heterocycles. The van der Waals surface area contributed by atoms with Gasteiger partial charge in [-0.05, 0) is 62.9 Å². The van der Waals surface area contributed by atoms with Crippen LogP contribution in [0.3, 0.4) is 0 Å². The molecular weight excluding hydrogens is 418 g/mol. The molecule has 0 aromatic heterocycles. The van der Waals surface area contributed by atoms with E-state index in [-0.39, 0.29) is 24.4 Å². The molecule has 2 unspecified atom stereocenters. The summed E-state index contributed by atoms with van der Waals surface area (Å²) in [6.07, 6.45) is -2.81. The Bertz CT molecular complexity index is 661. The van der Waals surface area contributed by atoms with Gasteiger partial charge in [0.2, 0.25) is 0 Å². The number of hydrogen-bond donors (Lipinski definition) is 0. The summed E-state index contributed by atoms with van der Waals surface area (Å²) in [4.78, 5) is 13.0. The number of ether oxygens (including phenoxy) is 1. The van der Waals surface area contributed by atoms with E-state index in [1.807, 2.05) is 0 Å². The number of piperidine rings is 1. The highest BCUT2D eigenvalue weighted by molar-refractivity contribution is 9.10. The van der Waals surface area contributed by atoms with Crippen LogP contribution in [0, 0.1) is 17.2 Å². The second-order valence-electron chi connectivity index (χ2n) is 7.08. The Morgan fingerprint density at radius 3 is 2.46 bits per heavy atom. The van der Waals surface area contributed by atoms with Gasteiger partial charge in [-0.3, -0.25) is 4.90 Å². The van der Waals surface area contributed by atoms with E-state index in [1.165, 1.54) is 6.07 Å². The van der Waals surface area contributed by atoms with Gasteiger partial charge in [0.25, 0.3) is 0 Å². The van der Waals surface area contributed by atoms with Gasteiger partial charge in [0.1, 0.15) is 11.7 Å². The van der Waals surface area contributed by atoms with Crippen molar-refractivity contribution in [3.63, 3.8) is 0 Å². The monoisotopic (exact) mass is 437 g/mol. The van der Waals surface area contributed by atoms with Crippen molar-refractivity contribution >= 4 is 22.2 Å². The molecule has 0 N–H and O–H groups in total. The van der Waals surface area contributed by atoms with Crippen molar-refractivity contribution in [2.45, 2.75) is 37.9 Å². The molecule has 0 radical (unpaired) electrons. The summed E-state index contributed by atoms with van der Waals surface area (Å²) in [5, 5.41) is 0. The largest absolute Gasteiger partial charge is 0.490 e. The molecule has 3 rings (SSSR count). The minimum Gasteiger partial charge on any atom is -0.490 e. The Morgan fingerprint density at radius 2 is 1.96 bits per heavy atom. The van der Waals surface area contributed by atoms with Crippen molar-refractivity contribution in [3.05, 3.63) is 28.5 Å². The van der Waals surface area contributed by atoms with E-state index in [1.54, 1.807) is 17.0 Å². The van der Waals surface area contributed by atoms with Crippen LogP contribution >= 0.6 is 15.9 Å². The van der Waals surface area contributed by atoms with Gasteiger partial charge < -0.3 is 9.53 Å². The van der Waals surface area contributed by atoms with Crippen LogP contribution in [-0.2, 0) is 4.79 Å². The summed E-state index contributed by atoms with van der Waals surface area (Å²) in [7, 11) is 0. The van der Waals surface area contributed by atoms with Gasteiger partial charge in [-0.1, -0.05) is 15.9 Å².